The average Bonchev–Trinajstić information content (AvgIpc) is 2.49. The van der Waals surface area contributed by atoms with E-state index >= 15 is 0 Å². The number of carbonyl (C=O) groups excluding carboxylic acids is 1. The van der Waals surface area contributed by atoms with Gasteiger partial charge in [-0.05, 0) is 12.8 Å². The minimum Gasteiger partial charge on any atom is -0.356 e. The van der Waals surface area contributed by atoms with E-state index in [1.165, 1.54) is 51.4 Å². The molecule has 0 fully saturated rings. The fourth-order valence-electron chi connectivity index (χ4n) is 2.35. The molecule has 0 saturated heterocycles. The van der Waals surface area contributed by atoms with Crippen LogP contribution >= 0.6 is 0 Å². The average molecular weight is 351 g/mol. The fraction of sp³-hybridized carbons (Fsp3) is 0.938. The Morgan fingerprint density at radius 1 is 1.00 bits per heavy atom. The molecule has 6 nitrogen and oxygen atoms in total. The third kappa shape index (κ3) is 14.7. The Kier molecular flexibility index (Phi) is 13.4. The minimum atomic E-state index is -4.25. The monoisotopic (exact) mass is 350 g/mol. The Labute approximate surface area is 141 Å². The topological polar surface area (TPSA) is 109 Å². The van der Waals surface area contributed by atoms with Crippen molar-refractivity contribution in [3.8, 4) is 0 Å². The summed E-state index contributed by atoms with van der Waals surface area (Å²) in [4.78, 5) is 11.5. The highest BCUT2D eigenvalue weighted by Crippen LogP contribution is 2.10. The largest absolute Gasteiger partial charge is 0.356 e. The smallest absolute Gasteiger partial charge is 0.280 e. The molecular weight excluding hydrogens is 316 g/mol. The predicted octanol–water partition coefficient (Wildman–Crippen LogP) is 2.98. The van der Waals surface area contributed by atoms with Crippen molar-refractivity contribution in [3.63, 3.8) is 0 Å². The van der Waals surface area contributed by atoms with Crippen LogP contribution in [0.15, 0.2) is 0 Å². The van der Waals surface area contributed by atoms with E-state index in [1.54, 1.807) is 0 Å². The maximum atomic E-state index is 11.5. The van der Waals surface area contributed by atoms with Gasteiger partial charge in [0.15, 0.2) is 0 Å². The molecule has 7 heteroatoms. The van der Waals surface area contributed by atoms with E-state index in [0.717, 1.165) is 12.8 Å². The first kappa shape index (κ1) is 22.3. The second kappa shape index (κ2) is 13.7. The molecule has 0 aromatic rings. The number of hydrogen-bond acceptors (Lipinski definition) is 4. The minimum absolute atomic E-state index is 0.0126. The van der Waals surface area contributed by atoms with Crippen molar-refractivity contribution in [2.75, 3.05) is 6.54 Å². The number of amides is 1. The van der Waals surface area contributed by atoms with Crippen LogP contribution in [-0.2, 0) is 14.9 Å². The molecule has 0 aromatic carbocycles. The summed E-state index contributed by atoms with van der Waals surface area (Å²) in [5.41, 5.74) is 5.24. The quantitative estimate of drug-likeness (QED) is 0.311. The van der Waals surface area contributed by atoms with E-state index in [4.69, 9.17) is 10.3 Å². The molecule has 0 radical (unpaired) electrons. The van der Waals surface area contributed by atoms with Crippen LogP contribution in [0.2, 0.25) is 0 Å². The van der Waals surface area contributed by atoms with Crippen LogP contribution in [0.4, 0.5) is 0 Å². The predicted molar refractivity (Wildman–Crippen MR) is 93.6 cm³/mol. The Hall–Kier alpha value is -0.660. The summed E-state index contributed by atoms with van der Waals surface area (Å²) in [5.74, 6) is -0.222. The van der Waals surface area contributed by atoms with Crippen molar-refractivity contribution < 1.29 is 17.8 Å². The summed E-state index contributed by atoms with van der Waals surface area (Å²) < 4.78 is 30.1. The molecule has 138 valence electrons. The molecule has 0 heterocycles. The van der Waals surface area contributed by atoms with Gasteiger partial charge < -0.3 is 11.1 Å². The van der Waals surface area contributed by atoms with Crippen molar-refractivity contribution >= 4 is 16.0 Å². The van der Waals surface area contributed by atoms with Crippen molar-refractivity contribution in [1.29, 1.82) is 0 Å². The number of unbranched alkanes of at least 4 members (excludes halogenated alkanes) is 9. The summed E-state index contributed by atoms with van der Waals surface area (Å²) in [5, 5.41) is 1.36. The van der Waals surface area contributed by atoms with Gasteiger partial charge in [-0.25, -0.2) is 0 Å². The number of rotatable bonds is 15. The summed E-state index contributed by atoms with van der Waals surface area (Å²) in [7, 11) is -4.25. The lowest BCUT2D eigenvalue weighted by Gasteiger charge is -2.08. The molecule has 23 heavy (non-hydrogen) atoms. The molecule has 0 aromatic heterocycles. The molecule has 0 aliphatic rings. The van der Waals surface area contributed by atoms with Gasteiger partial charge >= 0.3 is 0 Å². The van der Waals surface area contributed by atoms with Crippen LogP contribution in [0.1, 0.15) is 84.0 Å². The molecule has 1 amide bonds. The molecule has 1 atom stereocenters. The van der Waals surface area contributed by atoms with E-state index < -0.39 is 15.5 Å². The third-order valence-electron chi connectivity index (χ3n) is 3.89. The lowest BCUT2D eigenvalue weighted by atomic mass is 10.1. The van der Waals surface area contributed by atoms with Gasteiger partial charge in [-0.2, -0.15) is 8.42 Å². The van der Waals surface area contributed by atoms with E-state index in [1.807, 2.05) is 0 Å². The Bertz CT molecular complexity index is 399. The van der Waals surface area contributed by atoms with Crippen LogP contribution < -0.4 is 11.1 Å². The van der Waals surface area contributed by atoms with E-state index in [0.29, 0.717) is 6.54 Å². The highest BCUT2D eigenvalue weighted by molar-refractivity contribution is 7.86. The number of carbonyl (C=O) groups is 1. The van der Waals surface area contributed by atoms with Crippen LogP contribution in [0, 0.1) is 0 Å². The van der Waals surface area contributed by atoms with Gasteiger partial charge in [-0.1, -0.05) is 64.7 Å². The van der Waals surface area contributed by atoms with Crippen molar-refractivity contribution in [2.24, 2.45) is 5.73 Å². The molecule has 0 rings (SSSR count). The van der Waals surface area contributed by atoms with Gasteiger partial charge in [0, 0.05) is 13.0 Å². The molecular formula is C16H34N2O4S. The first-order valence-corrected chi connectivity index (χ1v) is 10.4. The molecule has 0 spiro atoms. The van der Waals surface area contributed by atoms with E-state index in [9.17, 15) is 13.2 Å². The molecule has 4 N–H and O–H groups in total. The maximum Gasteiger partial charge on any atom is 0.280 e. The Morgan fingerprint density at radius 3 is 1.96 bits per heavy atom. The second-order valence-electron chi connectivity index (χ2n) is 6.12. The van der Waals surface area contributed by atoms with Gasteiger partial charge in [-0.3, -0.25) is 9.35 Å². The first-order valence-electron chi connectivity index (χ1n) is 8.86. The van der Waals surface area contributed by atoms with Crippen molar-refractivity contribution in [2.45, 2.75) is 89.3 Å². The van der Waals surface area contributed by atoms with E-state index in [2.05, 4.69) is 12.2 Å². The molecule has 0 bridgehead atoms. The number of nitrogens with two attached hydrogens (primary N) is 1. The maximum absolute atomic E-state index is 11.5. The number of nitrogens with one attached hydrogen (secondary N) is 1. The van der Waals surface area contributed by atoms with Gasteiger partial charge in [0.1, 0.15) is 5.37 Å². The van der Waals surface area contributed by atoms with Crippen LogP contribution in [-0.4, -0.2) is 30.8 Å². The van der Waals surface area contributed by atoms with Gasteiger partial charge in [0.2, 0.25) is 5.91 Å². The van der Waals surface area contributed by atoms with Gasteiger partial charge in [-0.15, -0.1) is 0 Å². The Balaban J connectivity index is 3.36. The van der Waals surface area contributed by atoms with Gasteiger partial charge in [0.05, 0.1) is 0 Å². The standard InChI is InChI=1S/C16H34N2O4S/c1-2-3-4-5-6-7-8-9-10-11-14-18-16(19)13-12-15(17)23(20,21)22/h15H,2-14,17H2,1H3,(H,18,19)(H,20,21,22). The van der Waals surface area contributed by atoms with Crippen molar-refractivity contribution in [1.82, 2.24) is 5.32 Å². The fourth-order valence-corrected chi connectivity index (χ4v) is 2.77. The summed E-state index contributed by atoms with van der Waals surface area (Å²) in [6, 6.07) is 0. The second-order valence-corrected chi connectivity index (χ2v) is 7.76. The molecule has 0 saturated carbocycles. The van der Waals surface area contributed by atoms with Crippen LogP contribution in [0.5, 0.6) is 0 Å². The van der Waals surface area contributed by atoms with Crippen LogP contribution in [0.3, 0.4) is 0 Å². The molecule has 1 unspecified atom stereocenters. The lowest BCUT2D eigenvalue weighted by Crippen LogP contribution is -2.32. The normalized spacial score (nSPS) is 13.0. The zero-order valence-corrected chi connectivity index (χ0v) is 15.2. The summed E-state index contributed by atoms with van der Waals surface area (Å²) in [6.07, 6.45) is 12.4. The van der Waals surface area contributed by atoms with E-state index in [-0.39, 0.29) is 18.7 Å². The van der Waals surface area contributed by atoms with Gasteiger partial charge in [0.25, 0.3) is 10.1 Å². The zero-order chi connectivity index (χ0) is 17.6. The SMILES string of the molecule is CCCCCCCCCCCCNC(=O)CCC(N)S(=O)(=O)O. The third-order valence-corrected chi connectivity index (χ3v) is 4.89. The molecule has 0 aliphatic heterocycles. The summed E-state index contributed by atoms with van der Waals surface area (Å²) in [6.45, 7) is 2.83. The summed E-state index contributed by atoms with van der Waals surface area (Å²) >= 11 is 0. The number of hydrogen-bond donors (Lipinski definition) is 3. The first-order chi connectivity index (χ1) is 10.9. The van der Waals surface area contributed by atoms with Crippen LogP contribution in [0.25, 0.3) is 0 Å². The highest BCUT2D eigenvalue weighted by Gasteiger charge is 2.18. The van der Waals surface area contributed by atoms with Crippen molar-refractivity contribution in [3.05, 3.63) is 0 Å². The molecule has 0 aliphatic carbocycles. The lowest BCUT2D eigenvalue weighted by molar-refractivity contribution is -0.121. The zero-order valence-electron chi connectivity index (χ0n) is 14.4. The highest BCUT2D eigenvalue weighted by atomic mass is 32.2. The Morgan fingerprint density at radius 2 is 1.48 bits per heavy atom.